The van der Waals surface area contributed by atoms with E-state index in [1.54, 1.807) is 0 Å². The minimum atomic E-state index is -0.174. The summed E-state index contributed by atoms with van der Waals surface area (Å²) in [5.41, 5.74) is 9.81. The molecule has 166 valence electrons. The number of nitrogens with zero attached hydrogens (tertiary/aromatic N) is 3. The summed E-state index contributed by atoms with van der Waals surface area (Å²) in [5.74, 6) is 0.282. The van der Waals surface area contributed by atoms with Gasteiger partial charge in [0.25, 0.3) is 5.91 Å². The standard InChI is InChI=1S/C23H32N6O2/c1-2-3-4-7-11-29-21(24)19(23(30)25-10-12-28-13-15-31-16-14-28)20-22(29)27-18-9-6-5-8-17(18)26-20/h5-6,8-9H,2-4,7,10-16,24H2,1H3,(H,25,30)/p+1. The zero-order valence-electron chi connectivity index (χ0n) is 18.3. The molecule has 1 saturated heterocycles. The largest absolute Gasteiger partial charge is 0.384 e. The van der Waals surface area contributed by atoms with Crippen LogP contribution in [0.15, 0.2) is 24.3 Å². The van der Waals surface area contributed by atoms with Crippen molar-refractivity contribution >= 4 is 33.9 Å². The van der Waals surface area contributed by atoms with Crippen molar-refractivity contribution in [2.24, 2.45) is 0 Å². The van der Waals surface area contributed by atoms with E-state index in [2.05, 4.69) is 12.2 Å². The van der Waals surface area contributed by atoms with Gasteiger partial charge >= 0.3 is 0 Å². The predicted molar refractivity (Wildman–Crippen MR) is 122 cm³/mol. The number of anilines is 1. The van der Waals surface area contributed by atoms with Crippen molar-refractivity contribution in [3.05, 3.63) is 29.8 Å². The number of nitrogens with two attached hydrogens (primary N) is 1. The molecular weight excluding hydrogens is 392 g/mol. The van der Waals surface area contributed by atoms with Gasteiger partial charge in [-0.2, -0.15) is 0 Å². The first-order valence-electron chi connectivity index (χ1n) is 11.4. The number of nitrogens with one attached hydrogen (secondary N) is 2. The zero-order valence-corrected chi connectivity index (χ0v) is 18.3. The molecule has 3 aromatic rings. The van der Waals surface area contributed by atoms with Crippen LogP contribution in [-0.2, 0) is 11.3 Å². The van der Waals surface area contributed by atoms with Gasteiger partial charge in [0.1, 0.15) is 30.0 Å². The van der Waals surface area contributed by atoms with E-state index in [1.165, 1.54) is 17.7 Å². The van der Waals surface area contributed by atoms with Crippen molar-refractivity contribution in [2.75, 3.05) is 45.1 Å². The highest BCUT2D eigenvalue weighted by Crippen LogP contribution is 2.28. The van der Waals surface area contributed by atoms with Crippen molar-refractivity contribution in [3.8, 4) is 0 Å². The SMILES string of the molecule is CCCCCCn1c(N)c(C(=O)NCC[NH+]2CCOCC2)c2nc3ccccc3nc21. The Kier molecular flexibility index (Phi) is 6.99. The number of benzene rings is 1. The van der Waals surface area contributed by atoms with E-state index < -0.39 is 0 Å². The summed E-state index contributed by atoms with van der Waals surface area (Å²) in [6.07, 6.45) is 4.48. The number of carbonyl (C=O) groups is 1. The summed E-state index contributed by atoms with van der Waals surface area (Å²) in [6, 6.07) is 7.73. The van der Waals surface area contributed by atoms with Crippen LogP contribution in [-0.4, -0.2) is 59.8 Å². The highest BCUT2D eigenvalue weighted by molar-refractivity contribution is 6.10. The van der Waals surface area contributed by atoms with Crippen LogP contribution in [0.5, 0.6) is 0 Å². The monoisotopic (exact) mass is 425 g/mol. The molecule has 0 saturated carbocycles. The van der Waals surface area contributed by atoms with Crippen molar-refractivity contribution in [3.63, 3.8) is 0 Å². The number of aromatic nitrogens is 3. The number of hydrogen-bond donors (Lipinski definition) is 3. The van der Waals surface area contributed by atoms with E-state index in [9.17, 15) is 4.79 Å². The van der Waals surface area contributed by atoms with Gasteiger partial charge in [0.15, 0.2) is 5.65 Å². The molecule has 3 heterocycles. The fourth-order valence-corrected chi connectivity index (χ4v) is 4.22. The molecule has 0 bridgehead atoms. The average Bonchev–Trinajstić information content (AvgIpc) is 3.06. The maximum Gasteiger partial charge on any atom is 0.257 e. The number of carbonyl (C=O) groups excluding carboxylic acids is 1. The van der Waals surface area contributed by atoms with Gasteiger partial charge in [-0.05, 0) is 18.6 Å². The number of aryl methyl sites for hydroxylation is 1. The van der Waals surface area contributed by atoms with Crippen LogP contribution >= 0.6 is 0 Å². The van der Waals surface area contributed by atoms with Crippen molar-refractivity contribution in [2.45, 2.75) is 39.2 Å². The van der Waals surface area contributed by atoms with E-state index in [-0.39, 0.29) is 5.91 Å². The number of para-hydroxylation sites is 2. The molecule has 1 aliphatic heterocycles. The topological polar surface area (TPSA) is 99.5 Å². The van der Waals surface area contributed by atoms with Gasteiger partial charge in [-0.1, -0.05) is 38.3 Å². The Bertz CT molecular complexity index is 1040. The Morgan fingerprint density at radius 3 is 2.65 bits per heavy atom. The number of rotatable bonds is 9. The molecule has 0 radical (unpaired) electrons. The van der Waals surface area contributed by atoms with E-state index in [4.69, 9.17) is 20.4 Å². The Morgan fingerprint density at radius 1 is 1.16 bits per heavy atom. The smallest absolute Gasteiger partial charge is 0.257 e. The fraction of sp³-hybridized carbons (Fsp3) is 0.522. The molecule has 4 N–H and O–H groups in total. The van der Waals surface area contributed by atoms with E-state index >= 15 is 0 Å². The molecule has 8 heteroatoms. The second kappa shape index (κ2) is 10.1. The Morgan fingerprint density at radius 2 is 1.90 bits per heavy atom. The Hall–Kier alpha value is -2.71. The summed E-state index contributed by atoms with van der Waals surface area (Å²) in [4.78, 5) is 24.2. The summed E-state index contributed by atoms with van der Waals surface area (Å²) in [7, 11) is 0. The van der Waals surface area contributed by atoms with Crippen LogP contribution in [0.25, 0.3) is 22.2 Å². The molecule has 0 atom stereocenters. The third-order valence-corrected chi connectivity index (χ3v) is 6.02. The number of nitrogen functional groups attached to an aromatic ring is 1. The van der Waals surface area contributed by atoms with E-state index in [1.807, 2.05) is 28.8 Å². The second-order valence-corrected chi connectivity index (χ2v) is 8.23. The van der Waals surface area contributed by atoms with Gasteiger partial charge in [0.2, 0.25) is 0 Å². The molecule has 1 fully saturated rings. The molecule has 1 aromatic carbocycles. The molecule has 4 rings (SSSR count). The van der Waals surface area contributed by atoms with Gasteiger partial charge < -0.3 is 25.3 Å². The van der Waals surface area contributed by atoms with Crippen LogP contribution in [0.4, 0.5) is 5.82 Å². The number of morpholine rings is 1. The summed E-state index contributed by atoms with van der Waals surface area (Å²) in [5, 5.41) is 3.06. The van der Waals surface area contributed by atoms with E-state index in [0.29, 0.717) is 29.1 Å². The molecule has 8 nitrogen and oxygen atoms in total. The molecule has 1 aliphatic rings. The van der Waals surface area contributed by atoms with Gasteiger partial charge in [-0.15, -0.1) is 0 Å². The number of hydrogen-bond acceptors (Lipinski definition) is 5. The second-order valence-electron chi connectivity index (χ2n) is 8.23. The minimum Gasteiger partial charge on any atom is -0.384 e. The lowest BCUT2D eigenvalue weighted by Crippen LogP contribution is -3.14. The van der Waals surface area contributed by atoms with Crippen molar-refractivity contribution < 1.29 is 14.4 Å². The third-order valence-electron chi connectivity index (χ3n) is 6.02. The first-order valence-corrected chi connectivity index (χ1v) is 11.4. The van der Waals surface area contributed by atoms with Crippen LogP contribution in [0, 0.1) is 0 Å². The summed E-state index contributed by atoms with van der Waals surface area (Å²) >= 11 is 0. The lowest BCUT2D eigenvalue weighted by molar-refractivity contribution is -0.906. The fourth-order valence-electron chi connectivity index (χ4n) is 4.22. The normalized spacial score (nSPS) is 15.0. The predicted octanol–water partition coefficient (Wildman–Crippen LogP) is 1.39. The number of ether oxygens (including phenoxy) is 1. The average molecular weight is 426 g/mol. The highest BCUT2D eigenvalue weighted by Gasteiger charge is 2.24. The molecule has 31 heavy (non-hydrogen) atoms. The lowest BCUT2D eigenvalue weighted by atomic mass is 10.2. The van der Waals surface area contributed by atoms with Crippen LogP contribution < -0.4 is 16.0 Å². The molecule has 0 spiro atoms. The molecule has 0 aliphatic carbocycles. The molecular formula is C23H33N6O2+. The first-order chi connectivity index (χ1) is 15.2. The Balaban J connectivity index is 1.60. The lowest BCUT2D eigenvalue weighted by Gasteiger charge is -2.23. The minimum absolute atomic E-state index is 0.174. The van der Waals surface area contributed by atoms with Gasteiger partial charge in [0.05, 0.1) is 37.3 Å². The number of quaternary nitrogens is 1. The van der Waals surface area contributed by atoms with Gasteiger partial charge in [-0.25, -0.2) is 9.97 Å². The number of unbranched alkanes of at least 4 members (excludes halogenated alkanes) is 3. The van der Waals surface area contributed by atoms with Gasteiger partial charge in [0, 0.05) is 6.54 Å². The Labute approximate surface area is 182 Å². The molecule has 2 aromatic heterocycles. The number of amides is 1. The van der Waals surface area contributed by atoms with Crippen molar-refractivity contribution in [1.29, 1.82) is 0 Å². The maximum atomic E-state index is 13.1. The zero-order chi connectivity index (χ0) is 21.6. The third kappa shape index (κ3) is 4.80. The van der Waals surface area contributed by atoms with Crippen LogP contribution in [0.2, 0.25) is 0 Å². The first kappa shape index (κ1) is 21.5. The van der Waals surface area contributed by atoms with Gasteiger partial charge in [-0.3, -0.25) is 4.79 Å². The quantitative estimate of drug-likeness (QED) is 0.450. The van der Waals surface area contributed by atoms with Crippen LogP contribution in [0.3, 0.4) is 0 Å². The number of fused-ring (bicyclic) bond motifs is 2. The van der Waals surface area contributed by atoms with Crippen LogP contribution in [0.1, 0.15) is 43.0 Å². The highest BCUT2D eigenvalue weighted by atomic mass is 16.5. The summed E-state index contributed by atoms with van der Waals surface area (Å²) in [6.45, 7) is 7.92. The maximum absolute atomic E-state index is 13.1. The summed E-state index contributed by atoms with van der Waals surface area (Å²) < 4.78 is 7.37. The van der Waals surface area contributed by atoms with E-state index in [0.717, 1.165) is 63.3 Å². The molecule has 0 unspecified atom stereocenters. The molecule has 1 amide bonds. The van der Waals surface area contributed by atoms with Crippen molar-refractivity contribution in [1.82, 2.24) is 19.9 Å².